The summed E-state index contributed by atoms with van der Waals surface area (Å²) in [5.41, 5.74) is 0.883. The van der Waals surface area contributed by atoms with Crippen molar-refractivity contribution in [2.75, 3.05) is 11.1 Å². The van der Waals surface area contributed by atoms with Crippen LogP contribution in [-0.2, 0) is 11.0 Å². The molecule has 0 radical (unpaired) electrons. The zero-order chi connectivity index (χ0) is 20.3. The zero-order valence-corrected chi connectivity index (χ0v) is 16.6. The van der Waals surface area contributed by atoms with Crippen molar-refractivity contribution < 1.29 is 18.0 Å². The Morgan fingerprint density at radius 1 is 1.25 bits per heavy atom. The second-order valence-corrected chi connectivity index (χ2v) is 8.18. The zero-order valence-electron chi connectivity index (χ0n) is 15.8. The van der Waals surface area contributed by atoms with Crippen LogP contribution in [0.2, 0.25) is 0 Å². The summed E-state index contributed by atoms with van der Waals surface area (Å²) in [5, 5.41) is 3.04. The summed E-state index contributed by atoms with van der Waals surface area (Å²) in [6.45, 7) is 4.00. The molecule has 4 nitrogen and oxygen atoms in total. The van der Waals surface area contributed by atoms with Crippen LogP contribution in [0.1, 0.15) is 55.3 Å². The first kappa shape index (κ1) is 20.6. The monoisotopic (exact) mass is 409 g/mol. The van der Waals surface area contributed by atoms with Crippen molar-refractivity contribution in [3.8, 4) is 0 Å². The molecule has 2 aromatic rings. The number of alkyl halides is 3. The van der Waals surface area contributed by atoms with Crippen molar-refractivity contribution in [1.29, 1.82) is 0 Å². The molecule has 0 unspecified atom stereocenters. The van der Waals surface area contributed by atoms with Crippen LogP contribution in [-0.4, -0.2) is 21.5 Å². The summed E-state index contributed by atoms with van der Waals surface area (Å²) in [7, 11) is 0. The highest BCUT2D eigenvalue weighted by atomic mass is 32.2. The molecule has 150 valence electrons. The van der Waals surface area contributed by atoms with Crippen LogP contribution in [0.5, 0.6) is 0 Å². The Morgan fingerprint density at radius 3 is 2.57 bits per heavy atom. The molecule has 3 rings (SSSR count). The van der Waals surface area contributed by atoms with Crippen LogP contribution < -0.4 is 5.32 Å². The van der Waals surface area contributed by atoms with Gasteiger partial charge >= 0.3 is 6.18 Å². The number of benzene rings is 1. The quantitative estimate of drug-likeness (QED) is 0.625. The number of aryl methyl sites for hydroxylation is 1. The smallest absolute Gasteiger partial charge is 0.324 e. The molecular weight excluding hydrogens is 387 g/mol. The minimum Gasteiger partial charge on any atom is -0.324 e. The predicted octanol–water partition coefficient (Wildman–Crippen LogP) is 5.89. The van der Waals surface area contributed by atoms with Crippen LogP contribution in [0.3, 0.4) is 0 Å². The number of thioether (sulfide) groups is 1. The van der Waals surface area contributed by atoms with E-state index in [4.69, 9.17) is 0 Å². The fraction of sp³-hybridized carbons (Fsp3) is 0.450. The number of carbonyl (C=O) groups excluding carboxylic acids is 1. The van der Waals surface area contributed by atoms with Gasteiger partial charge in [-0.1, -0.05) is 6.92 Å². The molecule has 0 saturated heterocycles. The number of anilines is 2. The van der Waals surface area contributed by atoms with E-state index in [0.29, 0.717) is 25.7 Å². The number of rotatable bonds is 5. The molecule has 0 atom stereocenters. The number of Topliss-reactive ketones (excluding diaryl/α,β-unsaturated/α-hetero) is 1. The van der Waals surface area contributed by atoms with Crippen molar-refractivity contribution >= 4 is 29.2 Å². The Labute approximate surface area is 166 Å². The molecule has 0 bridgehead atoms. The van der Waals surface area contributed by atoms with Gasteiger partial charge in [0.15, 0.2) is 0 Å². The van der Waals surface area contributed by atoms with Gasteiger partial charge < -0.3 is 5.32 Å². The van der Waals surface area contributed by atoms with Gasteiger partial charge in [0.05, 0.1) is 11.3 Å². The lowest BCUT2D eigenvalue weighted by Gasteiger charge is -2.24. The van der Waals surface area contributed by atoms with Gasteiger partial charge in [-0.25, -0.2) is 9.97 Å². The Kier molecular flexibility index (Phi) is 6.27. The maximum absolute atomic E-state index is 13.5. The van der Waals surface area contributed by atoms with E-state index in [0.717, 1.165) is 28.1 Å². The lowest BCUT2D eigenvalue weighted by molar-refractivity contribution is -0.139. The molecule has 0 amide bonds. The fourth-order valence-electron chi connectivity index (χ4n) is 3.35. The first-order valence-corrected chi connectivity index (χ1v) is 10.2. The van der Waals surface area contributed by atoms with Gasteiger partial charge in [0, 0.05) is 35.5 Å². The van der Waals surface area contributed by atoms with Gasteiger partial charge in [-0.05, 0) is 49.3 Å². The summed E-state index contributed by atoms with van der Waals surface area (Å²) in [5.74, 6) is 0.806. The maximum Gasteiger partial charge on any atom is 0.419 e. The van der Waals surface area contributed by atoms with E-state index in [1.807, 2.05) is 25.1 Å². The minimum absolute atomic E-state index is 0.0201. The van der Waals surface area contributed by atoms with E-state index < -0.39 is 11.7 Å². The minimum atomic E-state index is -4.52. The number of nitrogens with zero attached hydrogens (tertiary/aromatic N) is 2. The maximum atomic E-state index is 13.5. The highest BCUT2D eigenvalue weighted by Crippen LogP contribution is 2.39. The lowest BCUT2D eigenvalue weighted by Crippen LogP contribution is -2.20. The van der Waals surface area contributed by atoms with Crippen molar-refractivity contribution in [3.05, 3.63) is 41.2 Å². The number of carbonyl (C=O) groups is 1. The predicted molar refractivity (Wildman–Crippen MR) is 104 cm³/mol. The number of ketones is 1. The summed E-state index contributed by atoms with van der Waals surface area (Å²) in [4.78, 5) is 20.7. The average molecular weight is 409 g/mol. The van der Waals surface area contributed by atoms with Crippen molar-refractivity contribution in [1.82, 2.24) is 9.97 Å². The Morgan fingerprint density at radius 2 is 1.96 bits per heavy atom. The molecule has 1 aromatic heterocycles. The van der Waals surface area contributed by atoms with Gasteiger partial charge in [-0.2, -0.15) is 13.2 Å². The summed E-state index contributed by atoms with van der Waals surface area (Å²) in [6.07, 6.45) is -2.31. The normalized spacial score (nSPS) is 15.7. The fourth-order valence-corrected chi connectivity index (χ4v) is 4.11. The summed E-state index contributed by atoms with van der Waals surface area (Å²) in [6, 6.07) is 5.86. The average Bonchev–Trinajstić information content (AvgIpc) is 2.64. The second kappa shape index (κ2) is 8.51. The summed E-state index contributed by atoms with van der Waals surface area (Å²) >= 11 is 1.72. The van der Waals surface area contributed by atoms with Crippen LogP contribution in [0, 0.1) is 6.92 Å². The van der Waals surface area contributed by atoms with Crippen molar-refractivity contribution in [3.63, 3.8) is 0 Å². The molecule has 1 heterocycles. The van der Waals surface area contributed by atoms with Crippen molar-refractivity contribution in [2.45, 2.75) is 56.5 Å². The molecule has 0 aliphatic heterocycles. The third-order valence-corrected chi connectivity index (χ3v) is 5.68. The third-order valence-electron chi connectivity index (χ3n) is 4.81. The first-order valence-electron chi connectivity index (χ1n) is 9.24. The molecule has 0 spiro atoms. The molecule has 1 fully saturated rings. The molecule has 1 aromatic carbocycles. The Hall–Kier alpha value is -2.09. The highest BCUT2D eigenvalue weighted by Gasteiger charge is 2.38. The molecule has 1 aliphatic carbocycles. The lowest BCUT2D eigenvalue weighted by atomic mass is 9.84. The van der Waals surface area contributed by atoms with E-state index in [1.165, 1.54) is 0 Å². The highest BCUT2D eigenvalue weighted by molar-refractivity contribution is 7.99. The largest absolute Gasteiger partial charge is 0.419 e. The number of aromatic nitrogens is 2. The van der Waals surface area contributed by atoms with Crippen LogP contribution in [0.15, 0.2) is 29.3 Å². The number of hydrogen-bond donors (Lipinski definition) is 1. The topological polar surface area (TPSA) is 54.9 Å². The first-order chi connectivity index (χ1) is 13.3. The molecule has 1 saturated carbocycles. The van der Waals surface area contributed by atoms with E-state index >= 15 is 0 Å². The molecule has 8 heteroatoms. The standard InChI is InChI=1S/C20H22F3N3OS/c1-3-28-15-8-9-17(12(2)10-15)25-19-24-11-16(20(21,22)23)18(26-19)13-4-6-14(27)7-5-13/h8-11,13H,3-7H2,1-2H3,(H,24,25,26). The molecular formula is C20H22F3N3OS. The third kappa shape index (κ3) is 4.84. The van der Waals surface area contributed by atoms with Crippen molar-refractivity contribution in [2.24, 2.45) is 0 Å². The van der Waals surface area contributed by atoms with Gasteiger partial charge in [-0.15, -0.1) is 11.8 Å². The number of halogens is 3. The van der Waals surface area contributed by atoms with E-state index in [2.05, 4.69) is 22.2 Å². The van der Waals surface area contributed by atoms with Crippen LogP contribution in [0.4, 0.5) is 24.8 Å². The van der Waals surface area contributed by atoms with E-state index in [-0.39, 0.29) is 23.3 Å². The SMILES string of the molecule is CCSc1ccc(Nc2ncc(C(F)(F)F)c(C3CCC(=O)CC3)n2)c(C)c1. The van der Waals surface area contributed by atoms with Gasteiger partial charge in [-0.3, -0.25) is 4.79 Å². The Balaban J connectivity index is 1.90. The second-order valence-electron chi connectivity index (χ2n) is 6.84. The van der Waals surface area contributed by atoms with Gasteiger partial charge in [0.1, 0.15) is 5.78 Å². The number of hydrogen-bond acceptors (Lipinski definition) is 5. The molecule has 1 N–H and O–H groups in total. The van der Waals surface area contributed by atoms with E-state index in [9.17, 15) is 18.0 Å². The van der Waals surface area contributed by atoms with Gasteiger partial charge in [0.2, 0.25) is 5.95 Å². The van der Waals surface area contributed by atoms with Crippen LogP contribution in [0.25, 0.3) is 0 Å². The summed E-state index contributed by atoms with van der Waals surface area (Å²) < 4.78 is 40.4. The van der Waals surface area contributed by atoms with Gasteiger partial charge in [0.25, 0.3) is 0 Å². The Bertz CT molecular complexity index is 860. The molecule has 28 heavy (non-hydrogen) atoms. The van der Waals surface area contributed by atoms with Crippen LogP contribution >= 0.6 is 11.8 Å². The molecule has 1 aliphatic rings. The van der Waals surface area contributed by atoms with E-state index in [1.54, 1.807) is 11.8 Å². The number of nitrogens with one attached hydrogen (secondary N) is 1.